The number of nitrogens with one attached hydrogen (secondary N) is 1. The van der Waals surface area contributed by atoms with Gasteiger partial charge in [-0.25, -0.2) is 0 Å². The molecule has 2 rings (SSSR count). The molecular weight excluding hydrogens is 454 g/mol. The van der Waals surface area contributed by atoms with E-state index in [0.29, 0.717) is 6.04 Å². The van der Waals surface area contributed by atoms with Crippen molar-refractivity contribution in [1.82, 2.24) is 0 Å². The van der Waals surface area contributed by atoms with Crippen LogP contribution in [0.15, 0.2) is 37.7 Å². The Hall–Kier alpha value is 0.160. The second-order valence-corrected chi connectivity index (χ2v) is 8.09. The molecular formula is C14H14Br3NS. The zero-order chi connectivity index (χ0) is 14.0. The number of anilines is 1. The molecule has 0 fully saturated rings. The largest absolute Gasteiger partial charge is 0.376 e. The van der Waals surface area contributed by atoms with E-state index < -0.39 is 0 Å². The zero-order valence-corrected chi connectivity index (χ0v) is 16.2. The van der Waals surface area contributed by atoms with Crippen LogP contribution in [-0.4, -0.2) is 0 Å². The highest BCUT2D eigenvalue weighted by Crippen LogP contribution is 2.37. The molecule has 0 spiro atoms. The van der Waals surface area contributed by atoms with Crippen molar-refractivity contribution >= 4 is 64.8 Å². The van der Waals surface area contributed by atoms with Gasteiger partial charge in [0.15, 0.2) is 0 Å². The molecule has 1 unspecified atom stereocenters. The van der Waals surface area contributed by atoms with Crippen LogP contribution in [0.25, 0.3) is 0 Å². The first-order valence-electron chi connectivity index (χ1n) is 6.01. The number of hydrogen-bond donors (Lipinski definition) is 1. The number of thiophene rings is 1. The fraction of sp³-hybridized carbons (Fsp3) is 0.286. The molecule has 19 heavy (non-hydrogen) atoms. The first-order chi connectivity index (χ1) is 9.01. The van der Waals surface area contributed by atoms with E-state index in [-0.39, 0.29) is 0 Å². The summed E-state index contributed by atoms with van der Waals surface area (Å²) in [5, 5.41) is 3.56. The van der Waals surface area contributed by atoms with E-state index in [2.05, 4.69) is 79.1 Å². The van der Waals surface area contributed by atoms with E-state index in [1.54, 1.807) is 0 Å². The minimum Gasteiger partial charge on any atom is -0.376 e. The molecule has 0 radical (unpaired) electrons. The summed E-state index contributed by atoms with van der Waals surface area (Å²) >= 11 is 12.6. The third-order valence-electron chi connectivity index (χ3n) is 2.83. The van der Waals surface area contributed by atoms with Crippen molar-refractivity contribution in [3.63, 3.8) is 0 Å². The highest BCUT2D eigenvalue weighted by Gasteiger charge is 2.13. The lowest BCUT2D eigenvalue weighted by Gasteiger charge is -2.17. The monoisotopic (exact) mass is 465 g/mol. The minimum absolute atomic E-state index is 0.291. The summed E-state index contributed by atoms with van der Waals surface area (Å²) in [7, 11) is 0. The summed E-state index contributed by atoms with van der Waals surface area (Å²) in [5.74, 6) is 0. The predicted molar refractivity (Wildman–Crippen MR) is 95.3 cm³/mol. The maximum atomic E-state index is 3.60. The summed E-state index contributed by atoms with van der Waals surface area (Å²) in [6, 6.07) is 8.81. The molecule has 102 valence electrons. The molecule has 0 aliphatic rings. The molecule has 1 aromatic carbocycles. The molecule has 0 amide bonds. The lowest BCUT2D eigenvalue weighted by atomic mass is 10.2. The number of aryl methyl sites for hydroxylation is 1. The predicted octanol–water partition coefficient (Wildman–Crippen LogP) is 6.77. The van der Waals surface area contributed by atoms with Gasteiger partial charge >= 0.3 is 0 Å². The third-order valence-corrected chi connectivity index (χ3v) is 5.95. The second kappa shape index (κ2) is 6.74. The highest BCUT2D eigenvalue weighted by atomic mass is 79.9. The lowest BCUT2D eigenvalue weighted by Crippen LogP contribution is -2.06. The normalized spacial score (nSPS) is 12.5. The average molecular weight is 468 g/mol. The van der Waals surface area contributed by atoms with Crippen LogP contribution in [-0.2, 0) is 6.42 Å². The number of halogens is 3. The van der Waals surface area contributed by atoms with Crippen LogP contribution in [0.2, 0.25) is 0 Å². The second-order valence-electron chi connectivity index (χ2n) is 4.27. The Morgan fingerprint density at radius 2 is 1.79 bits per heavy atom. The van der Waals surface area contributed by atoms with Gasteiger partial charge in [-0.15, -0.1) is 11.3 Å². The molecule has 0 aliphatic heterocycles. The van der Waals surface area contributed by atoms with Crippen molar-refractivity contribution in [1.29, 1.82) is 0 Å². The van der Waals surface area contributed by atoms with Gasteiger partial charge in [0, 0.05) is 23.2 Å². The fourth-order valence-corrected chi connectivity index (χ4v) is 5.23. The van der Waals surface area contributed by atoms with Crippen molar-refractivity contribution in [2.45, 2.75) is 26.3 Å². The van der Waals surface area contributed by atoms with Crippen LogP contribution < -0.4 is 5.32 Å². The van der Waals surface area contributed by atoms with Crippen molar-refractivity contribution < 1.29 is 0 Å². The topological polar surface area (TPSA) is 12.0 Å². The zero-order valence-electron chi connectivity index (χ0n) is 10.6. The highest BCUT2D eigenvalue weighted by molar-refractivity contribution is 9.11. The van der Waals surface area contributed by atoms with Crippen LogP contribution in [0.5, 0.6) is 0 Å². The third kappa shape index (κ3) is 3.84. The molecule has 1 nitrogen and oxygen atoms in total. The first-order valence-corrected chi connectivity index (χ1v) is 9.20. The van der Waals surface area contributed by atoms with E-state index in [4.69, 9.17) is 0 Å². The van der Waals surface area contributed by atoms with E-state index in [1.165, 1.54) is 9.75 Å². The minimum atomic E-state index is 0.291. The Morgan fingerprint density at radius 3 is 2.32 bits per heavy atom. The molecule has 0 aliphatic carbocycles. The summed E-state index contributed by atoms with van der Waals surface area (Å²) in [5.41, 5.74) is 1.09. The van der Waals surface area contributed by atoms with Gasteiger partial charge in [-0.3, -0.25) is 0 Å². The molecule has 1 atom stereocenters. The van der Waals surface area contributed by atoms with Gasteiger partial charge in [0.1, 0.15) is 0 Å². The Labute approximate surface area is 143 Å². The maximum absolute atomic E-state index is 3.60. The molecule has 1 N–H and O–H groups in total. The molecule has 0 bridgehead atoms. The summed E-state index contributed by atoms with van der Waals surface area (Å²) < 4.78 is 3.15. The SMILES string of the molecule is CCc1ccc(C(C)Nc2c(Br)cc(Br)cc2Br)s1. The van der Waals surface area contributed by atoms with Crippen LogP contribution in [0, 0.1) is 0 Å². The fourth-order valence-electron chi connectivity index (χ4n) is 1.78. The smallest absolute Gasteiger partial charge is 0.0634 e. The van der Waals surface area contributed by atoms with Gasteiger partial charge < -0.3 is 5.32 Å². The van der Waals surface area contributed by atoms with Crippen LogP contribution >= 0.6 is 59.1 Å². The van der Waals surface area contributed by atoms with Gasteiger partial charge in [0.25, 0.3) is 0 Å². The average Bonchev–Trinajstić information content (AvgIpc) is 2.82. The molecule has 0 saturated carbocycles. The summed E-state index contributed by atoms with van der Waals surface area (Å²) in [6.07, 6.45) is 1.10. The Kier molecular flexibility index (Phi) is 5.52. The van der Waals surface area contributed by atoms with E-state index in [9.17, 15) is 0 Å². The quantitative estimate of drug-likeness (QED) is 0.523. The molecule has 1 aromatic heterocycles. The standard InChI is InChI=1S/C14H14Br3NS/c1-3-10-4-5-13(19-10)8(2)18-14-11(16)6-9(15)7-12(14)17/h4-8,18H,3H2,1-2H3. The van der Waals surface area contributed by atoms with Crippen molar-refractivity contribution in [3.05, 3.63) is 47.4 Å². The van der Waals surface area contributed by atoms with E-state index in [1.807, 2.05) is 23.5 Å². The summed E-state index contributed by atoms with van der Waals surface area (Å²) in [6.45, 7) is 4.38. The van der Waals surface area contributed by atoms with Crippen LogP contribution in [0.3, 0.4) is 0 Å². The maximum Gasteiger partial charge on any atom is 0.0634 e. The molecule has 1 heterocycles. The Bertz CT molecular complexity index is 557. The number of hydrogen-bond acceptors (Lipinski definition) is 2. The van der Waals surface area contributed by atoms with Gasteiger partial charge in [-0.05, 0) is 69.5 Å². The number of rotatable bonds is 4. The van der Waals surface area contributed by atoms with Gasteiger partial charge in [0.05, 0.1) is 11.7 Å². The molecule has 5 heteroatoms. The van der Waals surface area contributed by atoms with Crippen molar-refractivity contribution in [2.75, 3.05) is 5.32 Å². The van der Waals surface area contributed by atoms with Crippen molar-refractivity contribution in [3.8, 4) is 0 Å². The van der Waals surface area contributed by atoms with Crippen LogP contribution in [0.1, 0.15) is 29.6 Å². The Balaban J connectivity index is 2.21. The molecule has 0 saturated heterocycles. The van der Waals surface area contributed by atoms with E-state index >= 15 is 0 Å². The van der Waals surface area contributed by atoms with E-state index in [0.717, 1.165) is 25.5 Å². The summed E-state index contributed by atoms with van der Waals surface area (Å²) in [4.78, 5) is 2.79. The van der Waals surface area contributed by atoms with Crippen molar-refractivity contribution in [2.24, 2.45) is 0 Å². The van der Waals surface area contributed by atoms with Crippen LogP contribution in [0.4, 0.5) is 5.69 Å². The Morgan fingerprint density at radius 1 is 1.16 bits per heavy atom. The van der Waals surface area contributed by atoms with Gasteiger partial charge in [-0.1, -0.05) is 22.9 Å². The first kappa shape index (κ1) is 15.5. The van der Waals surface area contributed by atoms with Gasteiger partial charge in [0.2, 0.25) is 0 Å². The molecule has 2 aromatic rings. The number of benzene rings is 1. The van der Waals surface area contributed by atoms with Gasteiger partial charge in [-0.2, -0.15) is 0 Å². The lowest BCUT2D eigenvalue weighted by molar-refractivity contribution is 0.905.